The van der Waals surface area contributed by atoms with Crippen molar-refractivity contribution in [2.45, 2.75) is 25.7 Å². The molecule has 1 aliphatic carbocycles. The highest BCUT2D eigenvalue weighted by Gasteiger charge is 2.29. The van der Waals surface area contributed by atoms with Crippen LogP contribution >= 0.6 is 0 Å². The molecule has 0 aliphatic heterocycles. The summed E-state index contributed by atoms with van der Waals surface area (Å²) in [6.45, 7) is 2.07. The van der Waals surface area contributed by atoms with E-state index in [0.29, 0.717) is 6.42 Å². The molecule has 0 spiro atoms. The molecule has 3 heteroatoms. The molecule has 3 nitrogen and oxygen atoms in total. The van der Waals surface area contributed by atoms with Gasteiger partial charge in [0.2, 0.25) is 0 Å². The molecule has 0 amide bonds. The lowest BCUT2D eigenvalue weighted by Crippen LogP contribution is -2.20. The topological polar surface area (TPSA) is 34.9 Å². The molecular formula is C20H18N2O. The van der Waals surface area contributed by atoms with Gasteiger partial charge in [0, 0.05) is 6.42 Å². The Kier molecular flexibility index (Phi) is 3.34. The van der Waals surface area contributed by atoms with Crippen LogP contribution in [0.15, 0.2) is 60.8 Å². The number of benzene rings is 2. The Bertz CT molecular complexity index is 847. The molecular weight excluding hydrogens is 284 g/mol. The smallest absolute Gasteiger partial charge is 0.166 e. The fourth-order valence-electron chi connectivity index (χ4n) is 3.31. The summed E-state index contributed by atoms with van der Waals surface area (Å²) < 4.78 is 1.92. The molecule has 1 aromatic heterocycles. The zero-order valence-corrected chi connectivity index (χ0v) is 13.1. The van der Waals surface area contributed by atoms with Crippen LogP contribution in [0.3, 0.4) is 0 Å². The van der Waals surface area contributed by atoms with E-state index in [1.54, 1.807) is 6.20 Å². The first-order chi connectivity index (χ1) is 11.2. The number of hydrogen-bond acceptors (Lipinski definition) is 2. The van der Waals surface area contributed by atoms with Crippen LogP contribution in [-0.2, 0) is 6.42 Å². The van der Waals surface area contributed by atoms with E-state index < -0.39 is 0 Å². The molecule has 0 bridgehead atoms. The van der Waals surface area contributed by atoms with Crippen molar-refractivity contribution < 1.29 is 4.79 Å². The summed E-state index contributed by atoms with van der Waals surface area (Å²) in [4.78, 5) is 12.5. The second-order valence-corrected chi connectivity index (χ2v) is 6.19. The largest absolute Gasteiger partial charge is 0.294 e. The first-order valence-corrected chi connectivity index (χ1v) is 7.94. The van der Waals surface area contributed by atoms with E-state index in [9.17, 15) is 4.79 Å². The van der Waals surface area contributed by atoms with E-state index in [0.717, 1.165) is 23.4 Å². The molecule has 1 atom stereocenters. The van der Waals surface area contributed by atoms with Crippen LogP contribution in [0, 0.1) is 6.92 Å². The summed E-state index contributed by atoms with van der Waals surface area (Å²) in [6, 6.07) is 18.5. The van der Waals surface area contributed by atoms with Gasteiger partial charge in [0.15, 0.2) is 5.78 Å². The van der Waals surface area contributed by atoms with Crippen LogP contribution < -0.4 is 0 Å². The van der Waals surface area contributed by atoms with Gasteiger partial charge in [-0.05, 0) is 37.0 Å². The normalized spacial score (nSPS) is 17.1. The minimum absolute atomic E-state index is 0.193. The Morgan fingerprint density at radius 1 is 1.00 bits per heavy atom. The molecule has 0 saturated heterocycles. The molecule has 23 heavy (non-hydrogen) atoms. The highest BCUT2D eigenvalue weighted by atomic mass is 16.1. The van der Waals surface area contributed by atoms with Gasteiger partial charge < -0.3 is 0 Å². The molecule has 3 aromatic rings. The van der Waals surface area contributed by atoms with Crippen LogP contribution in [0.4, 0.5) is 0 Å². The van der Waals surface area contributed by atoms with Gasteiger partial charge >= 0.3 is 0 Å². The zero-order valence-electron chi connectivity index (χ0n) is 13.1. The number of nitrogens with zero attached hydrogens (tertiary/aromatic N) is 2. The average Bonchev–Trinajstić information content (AvgIpc) is 3.01. The summed E-state index contributed by atoms with van der Waals surface area (Å²) >= 11 is 0. The Morgan fingerprint density at radius 3 is 2.48 bits per heavy atom. The van der Waals surface area contributed by atoms with Gasteiger partial charge in [0.05, 0.1) is 23.1 Å². The third-order valence-corrected chi connectivity index (χ3v) is 4.59. The summed E-state index contributed by atoms with van der Waals surface area (Å²) in [5.41, 5.74) is 5.26. The van der Waals surface area contributed by atoms with Crippen LogP contribution in [0.25, 0.3) is 5.69 Å². The van der Waals surface area contributed by atoms with E-state index in [-0.39, 0.29) is 11.7 Å². The number of Topliss-reactive ketones (excluding diaryl/α,β-unsaturated/α-hetero) is 1. The molecule has 1 heterocycles. The molecule has 0 radical (unpaired) electrons. The first-order valence-electron chi connectivity index (χ1n) is 7.94. The molecule has 114 valence electrons. The fraction of sp³-hybridized carbons (Fsp3) is 0.200. The predicted octanol–water partition coefficient (Wildman–Crippen LogP) is 4.09. The molecule has 4 rings (SSSR count). The second kappa shape index (κ2) is 5.51. The first kappa shape index (κ1) is 13.9. The molecule has 2 aromatic carbocycles. The van der Waals surface area contributed by atoms with Crippen molar-refractivity contribution in [2.24, 2.45) is 0 Å². The second-order valence-electron chi connectivity index (χ2n) is 6.19. The fourth-order valence-corrected chi connectivity index (χ4v) is 3.31. The van der Waals surface area contributed by atoms with E-state index in [1.165, 1.54) is 11.1 Å². The van der Waals surface area contributed by atoms with Crippen LogP contribution in [-0.4, -0.2) is 15.6 Å². The Morgan fingerprint density at radius 2 is 1.74 bits per heavy atom. The van der Waals surface area contributed by atoms with E-state index in [4.69, 9.17) is 0 Å². The SMILES string of the molecule is Cc1ccc(-n2ncc3c2CC(c2ccccc2)CC3=O)cc1. The minimum atomic E-state index is 0.193. The van der Waals surface area contributed by atoms with Crippen LogP contribution in [0.5, 0.6) is 0 Å². The van der Waals surface area contributed by atoms with Crippen molar-refractivity contribution in [1.82, 2.24) is 9.78 Å². The van der Waals surface area contributed by atoms with Crippen molar-refractivity contribution in [1.29, 1.82) is 0 Å². The van der Waals surface area contributed by atoms with E-state index >= 15 is 0 Å². The maximum atomic E-state index is 12.5. The number of aryl methyl sites for hydroxylation is 1. The lowest BCUT2D eigenvalue weighted by atomic mass is 9.82. The number of aromatic nitrogens is 2. The highest BCUT2D eigenvalue weighted by Crippen LogP contribution is 2.33. The number of ketones is 1. The Hall–Kier alpha value is -2.68. The van der Waals surface area contributed by atoms with Gasteiger partial charge in [-0.2, -0.15) is 5.10 Å². The number of rotatable bonds is 2. The predicted molar refractivity (Wildman–Crippen MR) is 90.1 cm³/mol. The Labute approximate surface area is 135 Å². The quantitative estimate of drug-likeness (QED) is 0.714. The van der Waals surface area contributed by atoms with Crippen molar-refractivity contribution in [3.8, 4) is 5.69 Å². The maximum absolute atomic E-state index is 12.5. The summed E-state index contributed by atoms with van der Waals surface area (Å²) in [7, 11) is 0. The molecule has 0 N–H and O–H groups in total. The van der Waals surface area contributed by atoms with Gasteiger partial charge in [-0.1, -0.05) is 48.0 Å². The third kappa shape index (κ3) is 2.48. The number of fused-ring (bicyclic) bond motifs is 1. The zero-order chi connectivity index (χ0) is 15.8. The Balaban J connectivity index is 1.75. The van der Waals surface area contributed by atoms with Crippen molar-refractivity contribution >= 4 is 5.78 Å². The summed E-state index contributed by atoms with van der Waals surface area (Å²) in [6.07, 6.45) is 3.13. The molecule has 0 saturated carbocycles. The third-order valence-electron chi connectivity index (χ3n) is 4.59. The van der Waals surface area contributed by atoms with Gasteiger partial charge in [-0.3, -0.25) is 4.79 Å². The highest BCUT2D eigenvalue weighted by molar-refractivity contribution is 5.98. The summed E-state index contributed by atoms with van der Waals surface area (Å²) in [5.74, 6) is 0.426. The van der Waals surface area contributed by atoms with Crippen molar-refractivity contribution in [3.63, 3.8) is 0 Å². The maximum Gasteiger partial charge on any atom is 0.166 e. The van der Waals surface area contributed by atoms with Crippen LogP contribution in [0.1, 0.15) is 39.5 Å². The van der Waals surface area contributed by atoms with E-state index in [1.807, 2.05) is 22.9 Å². The lowest BCUT2D eigenvalue weighted by molar-refractivity contribution is 0.0964. The van der Waals surface area contributed by atoms with Gasteiger partial charge in [0.25, 0.3) is 0 Å². The summed E-state index contributed by atoms with van der Waals surface area (Å²) in [5, 5.41) is 4.47. The van der Waals surface area contributed by atoms with Gasteiger partial charge in [-0.15, -0.1) is 0 Å². The van der Waals surface area contributed by atoms with Gasteiger partial charge in [-0.25, -0.2) is 4.68 Å². The van der Waals surface area contributed by atoms with Crippen molar-refractivity contribution in [2.75, 3.05) is 0 Å². The molecule has 0 fully saturated rings. The van der Waals surface area contributed by atoms with Gasteiger partial charge in [0.1, 0.15) is 0 Å². The average molecular weight is 302 g/mol. The number of carbonyl (C=O) groups is 1. The number of carbonyl (C=O) groups excluding carboxylic acids is 1. The lowest BCUT2D eigenvalue weighted by Gasteiger charge is -2.23. The standard InChI is InChI=1S/C20H18N2O/c1-14-7-9-17(10-8-14)22-19-11-16(15-5-3-2-4-6-15)12-20(23)18(19)13-21-22/h2-10,13,16H,11-12H2,1H3. The van der Waals surface area contributed by atoms with Crippen LogP contribution in [0.2, 0.25) is 0 Å². The molecule has 1 unspecified atom stereocenters. The monoisotopic (exact) mass is 302 g/mol. The molecule has 1 aliphatic rings. The minimum Gasteiger partial charge on any atom is -0.294 e. The van der Waals surface area contributed by atoms with E-state index in [2.05, 4.69) is 48.4 Å². The van der Waals surface area contributed by atoms with Crippen molar-refractivity contribution in [3.05, 3.63) is 83.2 Å². The number of hydrogen-bond donors (Lipinski definition) is 0.